The van der Waals surface area contributed by atoms with Gasteiger partial charge in [0, 0.05) is 29.1 Å². The lowest BCUT2D eigenvalue weighted by atomic mass is 9.78. The number of carbonyl (C=O) groups is 1. The number of nitrogens with one attached hydrogen (secondary N) is 2. The Morgan fingerprint density at radius 2 is 2.00 bits per heavy atom. The number of fused-ring (bicyclic) bond motifs is 1. The Hall–Kier alpha value is -2.14. The molecule has 27 heavy (non-hydrogen) atoms. The first-order valence-corrected chi connectivity index (χ1v) is 10.0. The van der Waals surface area contributed by atoms with Gasteiger partial charge in [-0.2, -0.15) is 0 Å². The van der Waals surface area contributed by atoms with Gasteiger partial charge >= 0.3 is 0 Å². The summed E-state index contributed by atoms with van der Waals surface area (Å²) >= 11 is 6.42. The summed E-state index contributed by atoms with van der Waals surface area (Å²) in [5.74, 6) is 0.598. The first kappa shape index (κ1) is 18.2. The zero-order chi connectivity index (χ0) is 19.0. The topological polar surface area (TPSA) is 66.9 Å². The van der Waals surface area contributed by atoms with Crippen molar-refractivity contribution in [2.75, 3.05) is 11.9 Å². The zero-order valence-electron chi connectivity index (χ0n) is 15.8. The molecule has 1 aromatic heterocycles. The minimum Gasteiger partial charge on any atom is -0.351 e. The van der Waals surface area contributed by atoms with E-state index in [4.69, 9.17) is 16.6 Å². The van der Waals surface area contributed by atoms with Crippen molar-refractivity contribution in [2.24, 2.45) is 0 Å². The van der Waals surface area contributed by atoms with Crippen molar-refractivity contribution in [3.63, 3.8) is 0 Å². The maximum absolute atomic E-state index is 12.2. The van der Waals surface area contributed by atoms with Crippen LogP contribution in [0.3, 0.4) is 0 Å². The normalized spacial score (nSPS) is 19.3. The molecule has 0 bridgehead atoms. The summed E-state index contributed by atoms with van der Waals surface area (Å²) in [7, 11) is 0. The van der Waals surface area contributed by atoms with Gasteiger partial charge in [0.25, 0.3) is 5.91 Å². The van der Waals surface area contributed by atoms with E-state index in [1.807, 2.05) is 18.2 Å². The van der Waals surface area contributed by atoms with Crippen molar-refractivity contribution in [1.29, 1.82) is 0 Å². The second-order valence-corrected chi connectivity index (χ2v) is 8.60. The van der Waals surface area contributed by atoms with E-state index in [0.717, 1.165) is 29.5 Å². The molecule has 2 aliphatic rings. The average molecular weight is 385 g/mol. The lowest BCUT2D eigenvalue weighted by Gasteiger charge is -2.32. The van der Waals surface area contributed by atoms with Crippen molar-refractivity contribution >= 4 is 23.5 Å². The van der Waals surface area contributed by atoms with Gasteiger partial charge < -0.3 is 10.6 Å². The number of aromatic nitrogens is 2. The highest BCUT2D eigenvalue weighted by molar-refractivity contribution is 6.32. The molecule has 1 saturated carbocycles. The van der Waals surface area contributed by atoms with E-state index in [0.29, 0.717) is 29.3 Å². The van der Waals surface area contributed by atoms with Crippen LogP contribution in [-0.4, -0.2) is 28.5 Å². The van der Waals surface area contributed by atoms with E-state index in [-0.39, 0.29) is 11.3 Å². The molecule has 5 nitrogen and oxygen atoms in total. The molecule has 2 aromatic rings. The van der Waals surface area contributed by atoms with E-state index < -0.39 is 0 Å². The fourth-order valence-electron chi connectivity index (χ4n) is 4.01. The summed E-state index contributed by atoms with van der Waals surface area (Å²) in [5.41, 5.74) is 3.23. The van der Waals surface area contributed by atoms with Crippen LogP contribution in [0.5, 0.6) is 0 Å². The summed E-state index contributed by atoms with van der Waals surface area (Å²) in [6.45, 7) is 4.88. The van der Waals surface area contributed by atoms with Gasteiger partial charge in [-0.15, -0.1) is 0 Å². The van der Waals surface area contributed by atoms with Gasteiger partial charge in [-0.05, 0) is 30.5 Å². The van der Waals surface area contributed by atoms with Gasteiger partial charge in [0.05, 0.1) is 16.9 Å². The molecule has 1 fully saturated rings. The van der Waals surface area contributed by atoms with Gasteiger partial charge in [-0.25, -0.2) is 9.97 Å². The molecule has 1 aliphatic carbocycles. The Morgan fingerprint density at radius 3 is 2.78 bits per heavy atom. The number of carbonyl (C=O) groups excluding carboxylic acids is 1. The van der Waals surface area contributed by atoms with E-state index >= 15 is 0 Å². The number of halogens is 1. The molecule has 142 valence electrons. The summed E-state index contributed by atoms with van der Waals surface area (Å²) in [5, 5.41) is 6.93. The molecule has 0 unspecified atom stereocenters. The Morgan fingerprint density at radius 1 is 1.22 bits per heavy atom. The molecular formula is C21H25ClN4O. The number of benzene rings is 1. The van der Waals surface area contributed by atoms with E-state index in [2.05, 4.69) is 29.5 Å². The predicted octanol–water partition coefficient (Wildman–Crippen LogP) is 4.56. The Bertz CT molecular complexity index is 874. The Labute approximate surface area is 164 Å². The minimum absolute atomic E-state index is 0.0238. The van der Waals surface area contributed by atoms with Crippen molar-refractivity contribution < 1.29 is 4.79 Å². The maximum Gasteiger partial charge on any atom is 0.251 e. The minimum atomic E-state index is -0.137. The first-order valence-electron chi connectivity index (χ1n) is 9.66. The second-order valence-electron chi connectivity index (χ2n) is 8.20. The SMILES string of the molecule is CC1(C)CNC(=O)c2ccc(-c3nc(NC4CCCCC4)ncc3Cl)cc21. The molecule has 1 aliphatic heterocycles. The number of anilines is 1. The first-order chi connectivity index (χ1) is 12.9. The molecule has 6 heteroatoms. The van der Waals surface area contributed by atoms with Crippen molar-refractivity contribution in [1.82, 2.24) is 15.3 Å². The van der Waals surface area contributed by atoms with Crippen LogP contribution in [0, 0.1) is 0 Å². The fraction of sp³-hybridized carbons (Fsp3) is 0.476. The van der Waals surface area contributed by atoms with Crippen LogP contribution in [0.15, 0.2) is 24.4 Å². The van der Waals surface area contributed by atoms with Gasteiger partial charge in [0.2, 0.25) is 5.95 Å². The highest BCUT2D eigenvalue weighted by atomic mass is 35.5. The standard InChI is InChI=1S/C21H25ClN4O/c1-21(2)12-24-19(27)15-9-8-13(10-16(15)21)18-17(22)11-23-20(26-18)25-14-6-4-3-5-7-14/h8-11,14H,3-7,12H2,1-2H3,(H,24,27)(H,23,25,26). The van der Waals surface area contributed by atoms with Crippen LogP contribution in [0.25, 0.3) is 11.3 Å². The average Bonchev–Trinajstić information content (AvgIpc) is 2.67. The highest BCUT2D eigenvalue weighted by Crippen LogP contribution is 2.35. The van der Waals surface area contributed by atoms with Crippen LogP contribution in [0.2, 0.25) is 5.02 Å². The fourth-order valence-corrected chi connectivity index (χ4v) is 4.21. The van der Waals surface area contributed by atoms with Crippen molar-refractivity contribution in [2.45, 2.75) is 57.4 Å². The zero-order valence-corrected chi connectivity index (χ0v) is 16.6. The van der Waals surface area contributed by atoms with Crippen molar-refractivity contribution in [3.8, 4) is 11.3 Å². The number of amides is 1. The summed E-state index contributed by atoms with van der Waals surface area (Å²) < 4.78 is 0. The molecule has 1 aromatic carbocycles. The smallest absolute Gasteiger partial charge is 0.251 e. The molecule has 4 rings (SSSR count). The lowest BCUT2D eigenvalue weighted by Crippen LogP contribution is -2.43. The van der Waals surface area contributed by atoms with Crippen LogP contribution in [0.1, 0.15) is 61.9 Å². The van der Waals surface area contributed by atoms with Gasteiger partial charge in [0.15, 0.2) is 0 Å². The van der Waals surface area contributed by atoms with Gasteiger partial charge in [-0.1, -0.05) is 50.8 Å². The molecule has 1 amide bonds. The third-order valence-electron chi connectivity index (χ3n) is 5.64. The number of rotatable bonds is 3. The molecule has 0 saturated heterocycles. The molecule has 0 atom stereocenters. The number of nitrogens with zero attached hydrogens (tertiary/aromatic N) is 2. The molecular weight excluding hydrogens is 360 g/mol. The third kappa shape index (κ3) is 3.65. The largest absolute Gasteiger partial charge is 0.351 e. The highest BCUT2D eigenvalue weighted by Gasteiger charge is 2.32. The van der Waals surface area contributed by atoms with E-state index in [1.165, 1.54) is 19.3 Å². The lowest BCUT2D eigenvalue weighted by molar-refractivity contribution is 0.0930. The van der Waals surface area contributed by atoms with E-state index in [9.17, 15) is 4.79 Å². The third-order valence-corrected chi connectivity index (χ3v) is 5.92. The summed E-state index contributed by atoms with van der Waals surface area (Å²) in [4.78, 5) is 21.3. The second kappa shape index (κ2) is 7.12. The number of hydrogen-bond donors (Lipinski definition) is 2. The van der Waals surface area contributed by atoms with Crippen LogP contribution in [-0.2, 0) is 5.41 Å². The monoisotopic (exact) mass is 384 g/mol. The van der Waals surface area contributed by atoms with E-state index in [1.54, 1.807) is 6.20 Å². The molecule has 2 N–H and O–H groups in total. The van der Waals surface area contributed by atoms with Gasteiger partial charge in [0.1, 0.15) is 0 Å². The van der Waals surface area contributed by atoms with Crippen LogP contribution >= 0.6 is 11.6 Å². The summed E-state index contributed by atoms with van der Waals surface area (Å²) in [6.07, 6.45) is 7.78. The van der Waals surface area contributed by atoms with Gasteiger partial charge in [-0.3, -0.25) is 4.79 Å². The van der Waals surface area contributed by atoms with Crippen LogP contribution < -0.4 is 10.6 Å². The number of hydrogen-bond acceptors (Lipinski definition) is 4. The maximum atomic E-state index is 12.2. The Kier molecular flexibility index (Phi) is 4.81. The van der Waals surface area contributed by atoms with Crippen molar-refractivity contribution in [3.05, 3.63) is 40.5 Å². The predicted molar refractivity (Wildman–Crippen MR) is 108 cm³/mol. The molecule has 2 heterocycles. The molecule has 0 spiro atoms. The molecule has 0 radical (unpaired) electrons. The Balaban J connectivity index is 1.69. The van der Waals surface area contributed by atoms with Crippen LogP contribution in [0.4, 0.5) is 5.95 Å². The quantitative estimate of drug-likeness (QED) is 0.813. The summed E-state index contributed by atoms with van der Waals surface area (Å²) in [6, 6.07) is 6.26.